The molecule has 0 atom stereocenters. The fourth-order valence-electron chi connectivity index (χ4n) is 3.27. The average molecular weight is 429 g/mol. The van der Waals surface area contributed by atoms with Crippen molar-refractivity contribution in [2.45, 2.75) is 11.8 Å². The zero-order chi connectivity index (χ0) is 21.3. The van der Waals surface area contributed by atoms with Crippen LogP contribution in [0.3, 0.4) is 0 Å². The van der Waals surface area contributed by atoms with Gasteiger partial charge >= 0.3 is 0 Å². The summed E-state index contributed by atoms with van der Waals surface area (Å²) in [6.07, 6.45) is 3.46. The Morgan fingerprint density at radius 1 is 1.03 bits per heavy atom. The Hall–Kier alpha value is -3.38. The number of sulfonamides is 1. The standard InChI is InChI=1S/C18H19N7O4S/c1-14-20-17(13-18(21-14)24-8-2-7-19-24)22-9-11-23(12-10-22)30(28,29)16-5-3-15(4-6-16)25(26)27/h2-8,13H,9-12H2,1H3. The van der Waals surface area contributed by atoms with E-state index in [1.165, 1.54) is 28.6 Å². The first kappa shape index (κ1) is 19.9. The lowest BCUT2D eigenvalue weighted by Crippen LogP contribution is -2.49. The molecule has 1 aliphatic heterocycles. The molecule has 3 heterocycles. The van der Waals surface area contributed by atoms with Crippen molar-refractivity contribution in [1.29, 1.82) is 0 Å². The molecule has 0 unspecified atom stereocenters. The van der Waals surface area contributed by atoms with Crippen LogP contribution in [0.2, 0.25) is 0 Å². The molecule has 0 bridgehead atoms. The predicted octanol–water partition coefficient (Wildman–Crippen LogP) is 1.39. The number of nitrogens with zero attached hydrogens (tertiary/aromatic N) is 7. The number of benzene rings is 1. The lowest BCUT2D eigenvalue weighted by atomic mass is 10.3. The summed E-state index contributed by atoms with van der Waals surface area (Å²) in [6, 6.07) is 8.56. The van der Waals surface area contributed by atoms with Crippen LogP contribution in [0.25, 0.3) is 5.82 Å². The van der Waals surface area contributed by atoms with E-state index >= 15 is 0 Å². The average Bonchev–Trinajstić information content (AvgIpc) is 3.28. The first-order valence-corrected chi connectivity index (χ1v) is 10.6. The van der Waals surface area contributed by atoms with Crippen molar-refractivity contribution in [1.82, 2.24) is 24.1 Å². The number of aromatic nitrogens is 4. The van der Waals surface area contributed by atoms with Gasteiger partial charge in [-0.15, -0.1) is 0 Å². The molecule has 4 rings (SSSR count). The molecule has 2 aromatic heterocycles. The summed E-state index contributed by atoms with van der Waals surface area (Å²) in [5, 5.41) is 15.0. The largest absolute Gasteiger partial charge is 0.354 e. The zero-order valence-corrected chi connectivity index (χ0v) is 16.9. The highest BCUT2D eigenvalue weighted by atomic mass is 32.2. The highest BCUT2D eigenvalue weighted by molar-refractivity contribution is 7.89. The van der Waals surface area contributed by atoms with E-state index in [2.05, 4.69) is 15.1 Å². The van der Waals surface area contributed by atoms with Crippen LogP contribution in [-0.4, -0.2) is 63.6 Å². The molecule has 1 aromatic carbocycles. The molecule has 3 aromatic rings. The van der Waals surface area contributed by atoms with Crippen LogP contribution in [-0.2, 0) is 10.0 Å². The van der Waals surface area contributed by atoms with Gasteiger partial charge in [0.15, 0.2) is 5.82 Å². The summed E-state index contributed by atoms with van der Waals surface area (Å²) >= 11 is 0. The summed E-state index contributed by atoms with van der Waals surface area (Å²) in [4.78, 5) is 21.1. The van der Waals surface area contributed by atoms with Gasteiger partial charge in [0.25, 0.3) is 5.69 Å². The lowest BCUT2D eigenvalue weighted by Gasteiger charge is -2.34. The molecule has 0 amide bonds. The topological polar surface area (TPSA) is 127 Å². The van der Waals surface area contributed by atoms with Gasteiger partial charge in [-0.05, 0) is 25.1 Å². The number of aryl methyl sites for hydroxylation is 1. The molecule has 0 radical (unpaired) electrons. The normalized spacial score (nSPS) is 15.3. The molecule has 0 spiro atoms. The summed E-state index contributed by atoms with van der Waals surface area (Å²) in [6.45, 7) is 3.27. The maximum Gasteiger partial charge on any atom is 0.269 e. The number of hydrogen-bond acceptors (Lipinski definition) is 8. The van der Waals surface area contributed by atoms with Crippen molar-refractivity contribution < 1.29 is 13.3 Å². The van der Waals surface area contributed by atoms with Crippen molar-refractivity contribution in [3.05, 3.63) is 64.7 Å². The minimum Gasteiger partial charge on any atom is -0.354 e. The Balaban J connectivity index is 1.49. The second kappa shape index (κ2) is 7.80. The third-order valence-electron chi connectivity index (χ3n) is 4.80. The van der Waals surface area contributed by atoms with Gasteiger partial charge in [-0.2, -0.15) is 9.40 Å². The fourth-order valence-corrected chi connectivity index (χ4v) is 4.69. The van der Waals surface area contributed by atoms with Crippen molar-refractivity contribution >= 4 is 21.5 Å². The predicted molar refractivity (Wildman–Crippen MR) is 108 cm³/mol. The van der Waals surface area contributed by atoms with E-state index in [1.807, 2.05) is 11.0 Å². The van der Waals surface area contributed by atoms with Crippen LogP contribution >= 0.6 is 0 Å². The van der Waals surface area contributed by atoms with Gasteiger partial charge in [0, 0.05) is 56.8 Å². The summed E-state index contributed by atoms with van der Waals surface area (Å²) in [5.41, 5.74) is -0.147. The van der Waals surface area contributed by atoms with Crippen molar-refractivity contribution in [3.8, 4) is 5.82 Å². The molecular formula is C18H19N7O4S. The maximum atomic E-state index is 12.9. The third-order valence-corrected chi connectivity index (χ3v) is 6.71. The molecule has 11 nitrogen and oxygen atoms in total. The molecule has 1 fully saturated rings. The second-order valence-corrected chi connectivity index (χ2v) is 8.66. The van der Waals surface area contributed by atoms with Gasteiger partial charge in [0.05, 0.1) is 9.82 Å². The van der Waals surface area contributed by atoms with Gasteiger partial charge in [-0.3, -0.25) is 10.1 Å². The minimum absolute atomic E-state index is 0.0420. The fraction of sp³-hybridized carbons (Fsp3) is 0.278. The molecule has 12 heteroatoms. The number of non-ortho nitro benzene ring substituents is 1. The molecule has 0 aliphatic carbocycles. The minimum atomic E-state index is -3.72. The monoisotopic (exact) mass is 429 g/mol. The Labute approximate surface area is 172 Å². The lowest BCUT2D eigenvalue weighted by molar-refractivity contribution is -0.384. The SMILES string of the molecule is Cc1nc(N2CCN(S(=O)(=O)c3ccc([N+](=O)[O-])cc3)CC2)cc(-n2cccn2)n1. The summed E-state index contributed by atoms with van der Waals surface area (Å²) in [7, 11) is -3.72. The first-order chi connectivity index (χ1) is 14.3. The molecular weight excluding hydrogens is 410 g/mol. The molecule has 0 N–H and O–H groups in total. The summed E-state index contributed by atoms with van der Waals surface area (Å²) in [5.74, 6) is 1.95. The van der Waals surface area contributed by atoms with E-state index in [0.717, 1.165) is 0 Å². The molecule has 0 saturated carbocycles. The number of hydrogen-bond donors (Lipinski definition) is 0. The van der Waals surface area contributed by atoms with Gasteiger partial charge in [0.1, 0.15) is 11.6 Å². The summed E-state index contributed by atoms with van der Waals surface area (Å²) < 4.78 is 28.8. The van der Waals surface area contributed by atoms with Crippen molar-refractivity contribution in [2.24, 2.45) is 0 Å². The zero-order valence-electron chi connectivity index (χ0n) is 16.1. The van der Waals surface area contributed by atoms with Crippen molar-refractivity contribution in [3.63, 3.8) is 0 Å². The van der Waals surface area contributed by atoms with Gasteiger partial charge in [0.2, 0.25) is 10.0 Å². The Kier molecular flexibility index (Phi) is 5.18. The number of piperazine rings is 1. The van der Waals surface area contributed by atoms with Crippen LogP contribution in [0.15, 0.2) is 53.7 Å². The van der Waals surface area contributed by atoms with E-state index in [-0.39, 0.29) is 23.7 Å². The quantitative estimate of drug-likeness (QED) is 0.440. The smallest absolute Gasteiger partial charge is 0.269 e. The van der Waals surface area contributed by atoms with Gasteiger partial charge in [-0.1, -0.05) is 0 Å². The Bertz CT molecular complexity index is 1160. The highest BCUT2D eigenvalue weighted by Crippen LogP contribution is 2.23. The molecule has 156 valence electrons. The maximum absolute atomic E-state index is 12.9. The molecule has 30 heavy (non-hydrogen) atoms. The van der Waals surface area contributed by atoms with Crippen LogP contribution in [0.4, 0.5) is 11.5 Å². The number of rotatable bonds is 5. The van der Waals surface area contributed by atoms with E-state index < -0.39 is 14.9 Å². The first-order valence-electron chi connectivity index (χ1n) is 9.20. The second-order valence-electron chi connectivity index (χ2n) is 6.72. The van der Waals surface area contributed by atoms with Crippen molar-refractivity contribution in [2.75, 3.05) is 31.1 Å². The highest BCUT2D eigenvalue weighted by Gasteiger charge is 2.29. The van der Waals surface area contributed by atoms with Crippen LogP contribution in [0.5, 0.6) is 0 Å². The van der Waals surface area contributed by atoms with E-state index in [9.17, 15) is 18.5 Å². The number of nitro benzene ring substituents is 1. The number of nitro groups is 1. The third kappa shape index (κ3) is 3.86. The Morgan fingerprint density at radius 2 is 1.70 bits per heavy atom. The molecule has 1 saturated heterocycles. The van der Waals surface area contributed by atoms with Gasteiger partial charge < -0.3 is 4.90 Å². The number of anilines is 1. The molecule has 1 aliphatic rings. The van der Waals surface area contributed by atoms with E-state index in [1.54, 1.807) is 30.1 Å². The van der Waals surface area contributed by atoms with Gasteiger partial charge in [-0.25, -0.2) is 23.1 Å². The Morgan fingerprint density at radius 3 is 2.30 bits per heavy atom. The van der Waals surface area contributed by atoms with Crippen LogP contribution in [0.1, 0.15) is 5.82 Å². The van der Waals surface area contributed by atoms with E-state index in [4.69, 9.17) is 0 Å². The van der Waals surface area contributed by atoms with Crippen LogP contribution in [0, 0.1) is 17.0 Å². The van der Waals surface area contributed by atoms with E-state index in [0.29, 0.717) is 30.5 Å². The van der Waals surface area contributed by atoms with Crippen LogP contribution < -0.4 is 4.90 Å².